The van der Waals surface area contributed by atoms with Crippen LogP contribution < -0.4 is 4.74 Å². The molecular weight excluding hydrogens is 338 g/mol. The summed E-state index contributed by atoms with van der Waals surface area (Å²) in [4.78, 5) is 6.33. The Hall–Kier alpha value is -1.69. The number of aryl methyl sites for hydroxylation is 1. The summed E-state index contributed by atoms with van der Waals surface area (Å²) in [5, 5.41) is 11.2. The quantitative estimate of drug-likeness (QED) is 0.563. The number of alkyl halides is 2. The van der Waals surface area contributed by atoms with Crippen molar-refractivity contribution in [1.29, 1.82) is 0 Å². The average Bonchev–Trinajstić information content (AvgIpc) is 3.13. The van der Waals surface area contributed by atoms with Crippen LogP contribution in [-0.2, 0) is 5.60 Å². The van der Waals surface area contributed by atoms with Gasteiger partial charge in [0.05, 0.1) is 19.1 Å². The van der Waals surface area contributed by atoms with Gasteiger partial charge in [-0.05, 0) is 44.2 Å². The number of rotatable bonds is 7. The van der Waals surface area contributed by atoms with Gasteiger partial charge in [0, 0.05) is 32.1 Å². The summed E-state index contributed by atoms with van der Waals surface area (Å²) < 4.78 is 34.6. The number of aliphatic hydroxyl groups is 1. The second-order valence-corrected chi connectivity index (χ2v) is 7.29. The molecule has 0 spiro atoms. The van der Waals surface area contributed by atoms with Gasteiger partial charge >= 0.3 is 0 Å². The van der Waals surface area contributed by atoms with E-state index in [0.717, 1.165) is 31.9 Å². The second kappa shape index (κ2) is 7.91. The summed E-state index contributed by atoms with van der Waals surface area (Å²) in [6.45, 7) is 5.42. The molecule has 0 radical (unpaired) electrons. The summed E-state index contributed by atoms with van der Waals surface area (Å²) in [6.07, 6.45) is 4.58. The van der Waals surface area contributed by atoms with Crippen molar-refractivity contribution >= 4 is 12.0 Å². The van der Waals surface area contributed by atoms with Gasteiger partial charge in [0.15, 0.2) is 5.60 Å². The van der Waals surface area contributed by atoms with Crippen molar-refractivity contribution in [1.82, 2.24) is 4.90 Å². The lowest BCUT2D eigenvalue weighted by atomic mass is 9.75. The molecule has 0 saturated heterocycles. The summed E-state index contributed by atoms with van der Waals surface area (Å²) in [6, 6.07) is 3.24. The first kappa shape index (κ1) is 20.6. The van der Waals surface area contributed by atoms with Gasteiger partial charge < -0.3 is 14.7 Å². The number of benzene rings is 1. The molecule has 6 heteroatoms. The molecule has 1 aromatic carbocycles. The minimum atomic E-state index is -3.28. The van der Waals surface area contributed by atoms with Gasteiger partial charge in [0.2, 0.25) is 0 Å². The van der Waals surface area contributed by atoms with E-state index in [2.05, 4.69) is 4.99 Å². The third-order valence-electron chi connectivity index (χ3n) is 5.44. The fraction of sp³-hybridized carbons (Fsp3) is 0.650. The monoisotopic (exact) mass is 368 g/mol. The highest BCUT2D eigenvalue weighted by Crippen LogP contribution is 2.52. The molecule has 1 atom stereocenters. The summed E-state index contributed by atoms with van der Waals surface area (Å²) in [5.41, 5.74) is -0.733. The van der Waals surface area contributed by atoms with Crippen molar-refractivity contribution in [3.8, 4) is 5.75 Å². The molecule has 1 unspecified atom stereocenters. The van der Waals surface area contributed by atoms with E-state index in [9.17, 15) is 13.9 Å². The lowest BCUT2D eigenvalue weighted by molar-refractivity contribution is -0.205. The largest absolute Gasteiger partial charge is 0.496 e. The third-order valence-corrected chi connectivity index (χ3v) is 5.44. The van der Waals surface area contributed by atoms with Crippen molar-refractivity contribution in [2.45, 2.75) is 58.0 Å². The zero-order valence-corrected chi connectivity index (χ0v) is 16.4. The molecule has 0 amide bonds. The van der Waals surface area contributed by atoms with Crippen molar-refractivity contribution in [3.63, 3.8) is 0 Å². The van der Waals surface area contributed by atoms with E-state index in [-0.39, 0.29) is 11.3 Å². The number of ether oxygens (including phenoxy) is 1. The summed E-state index contributed by atoms with van der Waals surface area (Å²) in [7, 11) is 3.34. The molecule has 1 fully saturated rings. The van der Waals surface area contributed by atoms with Crippen LogP contribution >= 0.6 is 0 Å². The van der Waals surface area contributed by atoms with Crippen LogP contribution in [-0.4, -0.2) is 43.0 Å². The van der Waals surface area contributed by atoms with Crippen LogP contribution in [0.15, 0.2) is 17.1 Å². The van der Waals surface area contributed by atoms with E-state index >= 15 is 0 Å². The highest BCUT2D eigenvalue weighted by atomic mass is 19.3. The number of aliphatic imine (C=N–C) groups is 1. The number of hydrogen-bond acceptors (Lipinski definition) is 3. The summed E-state index contributed by atoms with van der Waals surface area (Å²) in [5.74, 6) is -3.52. The van der Waals surface area contributed by atoms with Crippen LogP contribution in [0.3, 0.4) is 0 Å². The Morgan fingerprint density at radius 3 is 2.46 bits per heavy atom. The van der Waals surface area contributed by atoms with Crippen LogP contribution in [0, 0.1) is 12.8 Å². The minimum absolute atomic E-state index is 0.152. The normalized spacial score (nSPS) is 18.3. The number of hydrogen-bond donors (Lipinski definition) is 1. The molecule has 0 heterocycles. The van der Waals surface area contributed by atoms with Crippen LogP contribution in [0.5, 0.6) is 5.75 Å². The topological polar surface area (TPSA) is 45.1 Å². The van der Waals surface area contributed by atoms with Gasteiger partial charge in [0.1, 0.15) is 5.75 Å². The van der Waals surface area contributed by atoms with Crippen molar-refractivity contribution < 1.29 is 18.6 Å². The lowest BCUT2D eigenvalue weighted by Gasteiger charge is -2.40. The smallest absolute Gasteiger partial charge is 0.278 e. The van der Waals surface area contributed by atoms with Crippen molar-refractivity contribution in [2.75, 3.05) is 20.7 Å². The Labute approximate surface area is 154 Å². The van der Waals surface area contributed by atoms with Gasteiger partial charge in [0.25, 0.3) is 5.92 Å². The second-order valence-electron chi connectivity index (χ2n) is 7.29. The van der Waals surface area contributed by atoms with Crippen LogP contribution in [0.2, 0.25) is 0 Å². The lowest BCUT2D eigenvalue weighted by Crippen LogP contribution is -2.48. The van der Waals surface area contributed by atoms with E-state index in [1.165, 1.54) is 7.11 Å². The van der Waals surface area contributed by atoms with Crippen molar-refractivity contribution in [2.24, 2.45) is 10.9 Å². The molecule has 1 aromatic rings. The van der Waals surface area contributed by atoms with Gasteiger partial charge in [-0.3, -0.25) is 0 Å². The molecule has 4 nitrogen and oxygen atoms in total. The van der Waals surface area contributed by atoms with E-state index in [1.807, 2.05) is 25.8 Å². The maximum Gasteiger partial charge on any atom is 0.278 e. The molecular formula is C20H30F2N2O2. The maximum atomic E-state index is 14.6. The summed E-state index contributed by atoms with van der Waals surface area (Å²) >= 11 is 0. The highest BCUT2D eigenvalue weighted by Gasteiger charge is 2.56. The highest BCUT2D eigenvalue weighted by molar-refractivity contribution is 5.65. The molecule has 1 aliphatic rings. The van der Waals surface area contributed by atoms with E-state index in [4.69, 9.17) is 4.74 Å². The number of halogens is 2. The Morgan fingerprint density at radius 1 is 1.35 bits per heavy atom. The zero-order valence-electron chi connectivity index (χ0n) is 16.4. The van der Waals surface area contributed by atoms with Gasteiger partial charge in [-0.1, -0.05) is 12.8 Å². The fourth-order valence-corrected chi connectivity index (χ4v) is 3.68. The molecule has 1 N–H and O–H groups in total. The molecule has 26 heavy (non-hydrogen) atoms. The van der Waals surface area contributed by atoms with Gasteiger partial charge in [-0.2, -0.15) is 0 Å². The first-order chi connectivity index (χ1) is 12.1. The maximum absolute atomic E-state index is 14.6. The van der Waals surface area contributed by atoms with E-state index in [1.54, 1.807) is 18.5 Å². The molecule has 146 valence electrons. The van der Waals surface area contributed by atoms with Gasteiger partial charge in [-0.15, -0.1) is 0 Å². The Bertz CT molecular complexity index is 652. The van der Waals surface area contributed by atoms with Crippen molar-refractivity contribution in [3.05, 3.63) is 23.3 Å². The van der Waals surface area contributed by atoms with Crippen LogP contribution in [0.1, 0.15) is 50.7 Å². The molecule has 1 aliphatic carbocycles. The van der Waals surface area contributed by atoms with E-state index in [0.29, 0.717) is 18.5 Å². The first-order valence-corrected chi connectivity index (χ1v) is 9.18. The Balaban J connectivity index is 2.56. The van der Waals surface area contributed by atoms with E-state index < -0.39 is 17.4 Å². The van der Waals surface area contributed by atoms with Crippen LogP contribution in [0.4, 0.5) is 14.5 Å². The Morgan fingerprint density at radius 2 is 1.96 bits per heavy atom. The molecule has 0 bridgehead atoms. The number of nitrogens with zero attached hydrogens (tertiary/aromatic N) is 2. The molecule has 0 aliphatic heterocycles. The zero-order chi connectivity index (χ0) is 19.5. The predicted octanol–water partition coefficient (Wildman–Crippen LogP) is 4.65. The molecule has 2 rings (SSSR count). The fourth-order valence-electron chi connectivity index (χ4n) is 3.68. The minimum Gasteiger partial charge on any atom is -0.496 e. The Kier molecular flexibility index (Phi) is 6.27. The number of methoxy groups -OCH3 is 1. The SMILES string of the molecule is CCN(C)C=Nc1cc(OC)c(C(O)(C2CCCC2)C(C)(F)F)cc1C. The first-order valence-electron chi connectivity index (χ1n) is 9.18. The third kappa shape index (κ3) is 3.85. The predicted molar refractivity (Wildman–Crippen MR) is 101 cm³/mol. The van der Waals surface area contributed by atoms with Gasteiger partial charge in [-0.25, -0.2) is 13.8 Å². The standard InChI is InChI=1S/C20H30F2N2O2/c1-6-24(4)13-23-17-12-18(26-5)16(11-14(17)2)20(25,19(3,21)22)15-9-7-8-10-15/h11-13,15,25H,6-10H2,1-5H3. The average molecular weight is 368 g/mol. The molecule has 1 saturated carbocycles. The molecule has 0 aromatic heterocycles. The van der Waals surface area contributed by atoms with Crippen LogP contribution in [0.25, 0.3) is 0 Å².